The van der Waals surface area contributed by atoms with Crippen LogP contribution in [0.15, 0.2) is 35.4 Å². The maximum atomic E-state index is 17.0. The van der Waals surface area contributed by atoms with Gasteiger partial charge >= 0.3 is 16.2 Å². The van der Waals surface area contributed by atoms with Gasteiger partial charge in [0, 0.05) is 35.7 Å². The molecular formula is C32H28F8N8O2S2. The van der Waals surface area contributed by atoms with Crippen molar-refractivity contribution in [2.75, 3.05) is 36.5 Å². The Balaban J connectivity index is 1.53. The Morgan fingerprint density at radius 2 is 1.92 bits per heavy atom. The van der Waals surface area contributed by atoms with Crippen LogP contribution in [0.5, 0.6) is 11.8 Å². The van der Waals surface area contributed by atoms with Crippen molar-refractivity contribution in [3.05, 3.63) is 53.2 Å². The molecule has 10 nitrogen and oxygen atoms in total. The number of nitrogens with zero attached hydrogens (tertiary/aromatic N) is 5. The van der Waals surface area contributed by atoms with E-state index in [1.807, 2.05) is 4.90 Å². The van der Waals surface area contributed by atoms with Gasteiger partial charge in [-0.05, 0) is 44.0 Å². The Labute approximate surface area is 293 Å². The molecule has 0 radical (unpaired) electrons. The molecule has 3 atom stereocenters. The van der Waals surface area contributed by atoms with Crippen molar-refractivity contribution in [1.29, 1.82) is 5.26 Å². The summed E-state index contributed by atoms with van der Waals surface area (Å²) >= 11 is 0.435. The first-order chi connectivity index (χ1) is 24.2. The van der Waals surface area contributed by atoms with Crippen molar-refractivity contribution in [2.45, 2.75) is 48.8 Å². The second kappa shape index (κ2) is 11.3. The largest absolute Gasteiger partial charge is 0.506 e. The summed E-state index contributed by atoms with van der Waals surface area (Å²) in [4.78, 5) is 10.9. The molecule has 2 aliphatic rings. The summed E-state index contributed by atoms with van der Waals surface area (Å²) in [7, 11) is -11.1. The Bertz CT molecular complexity index is 2360. The summed E-state index contributed by atoms with van der Waals surface area (Å²) in [6, 6.07) is 4.14. The molecule has 6 N–H and O–H groups in total. The number of nitrogens with two attached hydrogens (primary N) is 2. The van der Waals surface area contributed by atoms with Gasteiger partial charge in [-0.3, -0.25) is 4.90 Å². The van der Waals surface area contributed by atoms with E-state index in [2.05, 4.69) is 20.3 Å². The molecule has 2 aromatic carbocycles. The second-order valence-electron chi connectivity index (χ2n) is 12.9. The number of rotatable bonds is 8. The van der Waals surface area contributed by atoms with E-state index in [4.69, 9.17) is 16.2 Å². The number of benzene rings is 2. The van der Waals surface area contributed by atoms with E-state index >= 15 is 23.8 Å². The van der Waals surface area contributed by atoms with E-state index in [1.54, 1.807) is 6.07 Å². The smallest absolute Gasteiger partial charge is 0.319 e. The fourth-order valence-corrected chi connectivity index (χ4v) is 9.30. The molecule has 0 aliphatic carbocycles. The first-order valence-electron chi connectivity index (χ1n) is 15.6. The molecular weight excluding hydrogens is 745 g/mol. The first kappa shape index (κ1) is 35.5. The number of nitriles is 1. The number of fused-ring (bicyclic) bond motifs is 3. The number of ether oxygens (including phenoxy) is 1. The minimum atomic E-state index is -11.1. The number of halogens is 8. The quantitative estimate of drug-likeness (QED) is 0.112. The summed E-state index contributed by atoms with van der Waals surface area (Å²) in [5, 5.41) is 21.6. The van der Waals surface area contributed by atoms with Crippen LogP contribution in [0.4, 0.5) is 49.2 Å². The van der Waals surface area contributed by atoms with Crippen LogP contribution in [0, 0.1) is 23.0 Å². The number of nitrogen functional groups attached to an aromatic ring is 2. The number of thiophene rings is 1. The molecule has 276 valence electrons. The molecule has 2 aliphatic heterocycles. The molecule has 0 unspecified atom stereocenters. The Morgan fingerprint density at radius 3 is 2.62 bits per heavy atom. The third-order valence-corrected chi connectivity index (χ3v) is 11.7. The van der Waals surface area contributed by atoms with Gasteiger partial charge in [-0.2, -0.15) is 15.2 Å². The van der Waals surface area contributed by atoms with Crippen LogP contribution in [0.25, 0.3) is 32.1 Å². The van der Waals surface area contributed by atoms with Gasteiger partial charge in [0.05, 0.1) is 27.2 Å². The first-order valence-corrected chi connectivity index (χ1v) is 18.4. The molecule has 7 rings (SSSR count). The minimum Gasteiger partial charge on any atom is -0.506 e. The number of aromatic nitrogens is 3. The number of pyridine rings is 1. The van der Waals surface area contributed by atoms with E-state index < -0.39 is 99.8 Å². The van der Waals surface area contributed by atoms with Crippen LogP contribution in [-0.4, -0.2) is 56.4 Å². The monoisotopic (exact) mass is 772 g/mol. The van der Waals surface area contributed by atoms with E-state index in [1.165, 1.54) is 25.3 Å². The van der Waals surface area contributed by atoms with Gasteiger partial charge in [0.15, 0.2) is 16.5 Å². The molecule has 3 aromatic heterocycles. The van der Waals surface area contributed by atoms with Gasteiger partial charge in [-0.15, -0.1) is 11.3 Å². The molecule has 5 heterocycles. The van der Waals surface area contributed by atoms with Crippen molar-refractivity contribution >= 4 is 59.2 Å². The molecule has 52 heavy (non-hydrogen) atoms. The number of nitrogens with one attached hydrogen (secondary N) is 1. The van der Waals surface area contributed by atoms with Crippen LogP contribution < -0.4 is 21.5 Å². The summed E-state index contributed by atoms with van der Waals surface area (Å²) in [5.74, 6) is -6.02. The third kappa shape index (κ3) is 5.80. The zero-order valence-corrected chi connectivity index (χ0v) is 28.5. The average molecular weight is 773 g/mol. The zero-order valence-electron chi connectivity index (χ0n) is 26.9. The molecule has 0 saturated carbocycles. The SMILES string of the molecule is C[C@@H](Nc1nc(OC[C@@]23CCCN2C[C@H](F)C3)nc2c(F)c(-c3ccc(F)c4sc(N)c(C#N)c34)c(S(F)(F)(F)(F)F)c(O)c12)c1cccnc1N. The highest BCUT2D eigenvalue weighted by molar-refractivity contribution is 8.46. The van der Waals surface area contributed by atoms with Crippen LogP contribution in [0.2, 0.25) is 0 Å². The van der Waals surface area contributed by atoms with Crippen molar-refractivity contribution in [3.63, 3.8) is 0 Å². The molecule has 2 fully saturated rings. The van der Waals surface area contributed by atoms with Crippen molar-refractivity contribution < 1.29 is 42.4 Å². The predicted molar refractivity (Wildman–Crippen MR) is 182 cm³/mol. The lowest BCUT2D eigenvalue weighted by Crippen LogP contribution is -2.43. The lowest BCUT2D eigenvalue weighted by Gasteiger charge is -2.42. The van der Waals surface area contributed by atoms with Gasteiger partial charge in [-0.1, -0.05) is 31.6 Å². The second-order valence-corrected chi connectivity index (χ2v) is 16.3. The van der Waals surface area contributed by atoms with Gasteiger partial charge in [0.2, 0.25) is 0 Å². The highest BCUT2D eigenvalue weighted by Crippen LogP contribution is 3.04. The number of phenolic OH excluding ortho intramolecular Hbond substituents is 1. The zero-order chi connectivity index (χ0) is 37.6. The molecule has 0 amide bonds. The maximum absolute atomic E-state index is 17.0. The van der Waals surface area contributed by atoms with Crippen molar-refractivity contribution in [2.24, 2.45) is 0 Å². The Hall–Kier alpha value is -4.87. The topological polar surface area (TPSA) is 159 Å². The minimum absolute atomic E-state index is 0.0196. The lowest BCUT2D eigenvalue weighted by atomic mass is 9.95. The van der Waals surface area contributed by atoms with E-state index in [0.29, 0.717) is 36.4 Å². The summed E-state index contributed by atoms with van der Waals surface area (Å²) < 4.78 is 127. The highest BCUT2D eigenvalue weighted by atomic mass is 32.5. The van der Waals surface area contributed by atoms with E-state index in [0.717, 1.165) is 6.42 Å². The Kier molecular flexibility index (Phi) is 7.73. The van der Waals surface area contributed by atoms with E-state index in [9.17, 15) is 19.1 Å². The van der Waals surface area contributed by atoms with Crippen molar-refractivity contribution in [1.82, 2.24) is 19.9 Å². The molecule has 5 aromatic rings. The predicted octanol–water partition coefficient (Wildman–Crippen LogP) is 8.71. The fourth-order valence-electron chi connectivity index (χ4n) is 7.29. The summed E-state index contributed by atoms with van der Waals surface area (Å²) in [6.45, 7) is 1.97. The van der Waals surface area contributed by atoms with Gasteiger partial charge < -0.3 is 26.6 Å². The summed E-state index contributed by atoms with van der Waals surface area (Å²) in [6.07, 6.45) is 1.55. The number of alkyl halides is 1. The third-order valence-electron chi connectivity index (χ3n) is 9.50. The lowest BCUT2D eigenvalue weighted by molar-refractivity contribution is 0.107. The molecule has 0 bridgehead atoms. The number of hydrogen-bond acceptors (Lipinski definition) is 11. The van der Waals surface area contributed by atoms with Crippen LogP contribution in [-0.2, 0) is 0 Å². The fraction of sp³-hybridized carbons (Fsp3) is 0.312. The van der Waals surface area contributed by atoms with Crippen LogP contribution in [0.1, 0.15) is 43.4 Å². The molecule has 20 heteroatoms. The maximum Gasteiger partial charge on any atom is 0.319 e. The molecule has 2 saturated heterocycles. The van der Waals surface area contributed by atoms with Crippen LogP contribution >= 0.6 is 21.6 Å². The molecule has 0 spiro atoms. The average Bonchev–Trinajstić information content (AvgIpc) is 3.70. The van der Waals surface area contributed by atoms with Gasteiger partial charge in [0.25, 0.3) is 0 Å². The summed E-state index contributed by atoms with van der Waals surface area (Å²) in [5.41, 5.74) is 6.69. The van der Waals surface area contributed by atoms with Crippen molar-refractivity contribution in [3.8, 4) is 29.0 Å². The Morgan fingerprint density at radius 1 is 1.17 bits per heavy atom. The van der Waals surface area contributed by atoms with Crippen LogP contribution in [0.3, 0.4) is 0 Å². The number of hydrogen-bond donors (Lipinski definition) is 4. The van der Waals surface area contributed by atoms with Gasteiger partial charge in [0.1, 0.15) is 46.8 Å². The normalized spacial score (nSPS) is 21.1. The number of anilines is 3. The van der Waals surface area contributed by atoms with E-state index in [-0.39, 0.29) is 36.0 Å². The number of phenols is 1. The highest BCUT2D eigenvalue weighted by Gasteiger charge is 2.69. The number of aromatic hydroxyl groups is 1. The standard InChI is InChI=1S/C32H28F8N8O2S2/c1-14(16-4-2-8-44-28(16)42)45-30-22-24(46-31(47-30)50-13-32-7-3-9-48(32)12-15(33)10-32)23(35)21(27(25(22)49)52(36,37,38,39)40)17-5-6-19(34)26-20(17)18(11-41)29(43)51-26/h2,4-6,8,14-15,49H,3,7,9-10,12-13,43H2,1H3,(H2,42,44)(H,45,46,47)/t14-,15-,32+/m1/s1. The van der Waals surface area contributed by atoms with Gasteiger partial charge in [-0.25, -0.2) is 18.2 Å².